The van der Waals surface area contributed by atoms with Crippen molar-refractivity contribution >= 4 is 6.29 Å². The van der Waals surface area contributed by atoms with E-state index in [2.05, 4.69) is 6.92 Å². The number of hydrogen-bond donors (Lipinski definition) is 1. The van der Waals surface area contributed by atoms with Gasteiger partial charge in [0.1, 0.15) is 6.29 Å². The van der Waals surface area contributed by atoms with Crippen LogP contribution in [-0.4, -0.2) is 17.0 Å². The van der Waals surface area contributed by atoms with Gasteiger partial charge in [0.25, 0.3) is 0 Å². The predicted octanol–water partition coefficient (Wildman–Crippen LogP) is 2.54. The third kappa shape index (κ3) is 12.3. The highest BCUT2D eigenvalue weighted by Crippen LogP contribution is 2.16. The molecule has 0 aliphatic heterocycles. The lowest BCUT2D eigenvalue weighted by molar-refractivity contribution is -0.106. The molecule has 0 aliphatic carbocycles. The van der Waals surface area contributed by atoms with Gasteiger partial charge in [-0.3, -0.25) is 0 Å². The fourth-order valence-corrected chi connectivity index (χ4v) is 0.734. The van der Waals surface area contributed by atoms with E-state index in [0.29, 0.717) is 0 Å². The Hall–Kier alpha value is -0.370. The van der Waals surface area contributed by atoms with Crippen molar-refractivity contribution in [3.05, 3.63) is 0 Å². The lowest BCUT2D eigenvalue weighted by Crippen LogP contribution is -2.21. The van der Waals surface area contributed by atoms with Crippen LogP contribution < -0.4 is 0 Å². The van der Waals surface area contributed by atoms with Crippen LogP contribution in [-0.2, 0) is 4.79 Å². The zero-order valence-electron chi connectivity index (χ0n) is 8.76. The molecule has 1 N–H and O–H groups in total. The molecule has 0 spiro atoms. The molecule has 0 heterocycles. The molecule has 0 fully saturated rings. The first-order valence-corrected chi connectivity index (χ1v) is 4.66. The topological polar surface area (TPSA) is 37.3 Å². The lowest BCUT2D eigenvalue weighted by Gasteiger charge is -2.20. The number of unbranched alkanes of at least 4 members (excludes halogenated alkanes) is 1. The molecule has 0 bridgehead atoms. The van der Waals surface area contributed by atoms with Gasteiger partial charge in [0.2, 0.25) is 0 Å². The van der Waals surface area contributed by atoms with Gasteiger partial charge in [-0.25, -0.2) is 0 Å². The van der Waals surface area contributed by atoms with E-state index in [9.17, 15) is 5.11 Å². The monoisotopic (exact) mass is 174 g/mol. The summed E-state index contributed by atoms with van der Waals surface area (Å²) in [7, 11) is 0. The van der Waals surface area contributed by atoms with Crippen LogP contribution in [0.5, 0.6) is 0 Å². The van der Waals surface area contributed by atoms with Crippen molar-refractivity contribution in [3.8, 4) is 0 Å². The molecule has 0 rings (SSSR count). The minimum atomic E-state index is -0.407. The molecule has 0 aromatic carbocycles. The average molecular weight is 174 g/mol. The van der Waals surface area contributed by atoms with E-state index in [0.717, 1.165) is 25.5 Å². The smallest absolute Gasteiger partial charge is 0.116 e. The van der Waals surface area contributed by atoms with Crippen LogP contribution in [0.15, 0.2) is 0 Å². The first-order chi connectivity index (χ1) is 5.54. The number of carbonyl (C=O) groups is 1. The SMILES string of the molecule is CC=O.CCCCC(C)(O)CC. The third-order valence-electron chi connectivity index (χ3n) is 1.83. The van der Waals surface area contributed by atoms with Crippen LogP contribution in [0.4, 0.5) is 0 Å². The predicted molar refractivity (Wildman–Crippen MR) is 52.2 cm³/mol. The van der Waals surface area contributed by atoms with Crippen molar-refractivity contribution in [1.29, 1.82) is 0 Å². The molecule has 2 nitrogen and oxygen atoms in total. The van der Waals surface area contributed by atoms with Crippen LogP contribution in [0.1, 0.15) is 53.4 Å². The van der Waals surface area contributed by atoms with E-state index in [-0.39, 0.29) is 0 Å². The fraction of sp³-hybridized carbons (Fsp3) is 0.900. The molecule has 2 heteroatoms. The summed E-state index contributed by atoms with van der Waals surface area (Å²) in [6.45, 7) is 7.52. The van der Waals surface area contributed by atoms with Gasteiger partial charge < -0.3 is 9.90 Å². The van der Waals surface area contributed by atoms with Gasteiger partial charge in [0, 0.05) is 0 Å². The summed E-state index contributed by atoms with van der Waals surface area (Å²) in [4.78, 5) is 8.81. The van der Waals surface area contributed by atoms with E-state index >= 15 is 0 Å². The third-order valence-corrected chi connectivity index (χ3v) is 1.83. The van der Waals surface area contributed by atoms with Crippen molar-refractivity contribution in [3.63, 3.8) is 0 Å². The maximum Gasteiger partial charge on any atom is 0.116 e. The molecule has 74 valence electrons. The normalized spacial score (nSPS) is 14.1. The number of aliphatic hydroxyl groups is 1. The molecule has 0 aliphatic rings. The van der Waals surface area contributed by atoms with Crippen molar-refractivity contribution in [1.82, 2.24) is 0 Å². The molecule has 0 saturated heterocycles. The highest BCUT2D eigenvalue weighted by Gasteiger charge is 2.15. The molecule has 0 aromatic heterocycles. The van der Waals surface area contributed by atoms with Crippen LogP contribution in [0, 0.1) is 0 Å². The van der Waals surface area contributed by atoms with E-state index in [4.69, 9.17) is 4.79 Å². The van der Waals surface area contributed by atoms with Crippen LogP contribution in [0.2, 0.25) is 0 Å². The lowest BCUT2D eigenvalue weighted by atomic mass is 9.97. The summed E-state index contributed by atoms with van der Waals surface area (Å²) in [5.74, 6) is 0. The summed E-state index contributed by atoms with van der Waals surface area (Å²) in [6.07, 6.45) is 4.88. The first-order valence-electron chi connectivity index (χ1n) is 4.66. The Labute approximate surface area is 76.0 Å². The van der Waals surface area contributed by atoms with Gasteiger partial charge >= 0.3 is 0 Å². The second-order valence-electron chi connectivity index (χ2n) is 3.19. The molecular weight excluding hydrogens is 152 g/mol. The number of rotatable bonds is 4. The Balaban J connectivity index is 0. The maximum absolute atomic E-state index is 9.45. The molecule has 1 unspecified atom stereocenters. The van der Waals surface area contributed by atoms with Gasteiger partial charge in [-0.05, 0) is 26.7 Å². The highest BCUT2D eigenvalue weighted by atomic mass is 16.3. The Morgan fingerprint density at radius 3 is 2.08 bits per heavy atom. The van der Waals surface area contributed by atoms with Crippen molar-refractivity contribution < 1.29 is 9.90 Å². The Kier molecular flexibility index (Phi) is 10.3. The van der Waals surface area contributed by atoms with Crippen LogP contribution >= 0.6 is 0 Å². The Bertz CT molecular complexity index is 98.0. The minimum Gasteiger partial charge on any atom is -0.390 e. The Morgan fingerprint density at radius 1 is 1.42 bits per heavy atom. The minimum absolute atomic E-state index is 0.407. The summed E-state index contributed by atoms with van der Waals surface area (Å²) < 4.78 is 0. The number of aldehydes is 1. The van der Waals surface area contributed by atoms with Gasteiger partial charge in [0.05, 0.1) is 5.60 Å². The van der Waals surface area contributed by atoms with Crippen molar-refractivity contribution in [2.45, 2.75) is 59.0 Å². The number of carbonyl (C=O) groups excluding carboxylic acids is 1. The summed E-state index contributed by atoms with van der Waals surface area (Å²) in [5.41, 5.74) is -0.407. The molecule has 12 heavy (non-hydrogen) atoms. The highest BCUT2D eigenvalue weighted by molar-refractivity contribution is 5.44. The zero-order chi connectivity index (χ0) is 10.0. The van der Waals surface area contributed by atoms with E-state index in [1.165, 1.54) is 13.3 Å². The average Bonchev–Trinajstić information content (AvgIpc) is 2.03. The van der Waals surface area contributed by atoms with Crippen molar-refractivity contribution in [2.75, 3.05) is 0 Å². The second-order valence-corrected chi connectivity index (χ2v) is 3.19. The molecule has 0 saturated carbocycles. The quantitative estimate of drug-likeness (QED) is 0.665. The molecule has 0 amide bonds. The first kappa shape index (κ1) is 14.2. The van der Waals surface area contributed by atoms with Crippen LogP contribution in [0.3, 0.4) is 0 Å². The number of hydrogen-bond acceptors (Lipinski definition) is 2. The summed E-state index contributed by atoms with van der Waals surface area (Å²) in [6, 6.07) is 0. The maximum atomic E-state index is 9.45. The largest absolute Gasteiger partial charge is 0.390 e. The zero-order valence-corrected chi connectivity index (χ0v) is 8.76. The molecule has 1 atom stereocenters. The molecular formula is C10H22O2. The standard InChI is InChI=1S/C8H18O.C2H4O/c1-4-6-7-8(3,9)5-2;1-2-3/h9H,4-7H2,1-3H3;2H,1H3. The summed E-state index contributed by atoms with van der Waals surface area (Å²) >= 11 is 0. The van der Waals surface area contributed by atoms with Gasteiger partial charge in [0.15, 0.2) is 0 Å². The van der Waals surface area contributed by atoms with Gasteiger partial charge in [-0.1, -0.05) is 26.7 Å². The van der Waals surface area contributed by atoms with E-state index < -0.39 is 5.60 Å². The Morgan fingerprint density at radius 2 is 1.83 bits per heavy atom. The van der Waals surface area contributed by atoms with Gasteiger partial charge in [-0.15, -0.1) is 0 Å². The second kappa shape index (κ2) is 8.72. The van der Waals surface area contributed by atoms with Gasteiger partial charge in [-0.2, -0.15) is 0 Å². The molecule has 0 radical (unpaired) electrons. The van der Waals surface area contributed by atoms with Crippen LogP contribution in [0.25, 0.3) is 0 Å². The van der Waals surface area contributed by atoms with Crippen molar-refractivity contribution in [2.24, 2.45) is 0 Å². The molecule has 0 aromatic rings. The summed E-state index contributed by atoms with van der Waals surface area (Å²) in [5, 5.41) is 9.45. The van der Waals surface area contributed by atoms with E-state index in [1.54, 1.807) is 0 Å². The van der Waals surface area contributed by atoms with E-state index in [1.807, 2.05) is 13.8 Å². The fourth-order valence-electron chi connectivity index (χ4n) is 0.734.